The number of benzene rings is 2. The van der Waals surface area contributed by atoms with Gasteiger partial charge in [0, 0.05) is 6.54 Å². The van der Waals surface area contributed by atoms with Gasteiger partial charge in [-0.3, -0.25) is 4.72 Å². The maximum Gasteiger partial charge on any atom is 0.262 e. The third-order valence-electron chi connectivity index (χ3n) is 3.10. The van der Waals surface area contributed by atoms with Crippen molar-refractivity contribution in [2.75, 3.05) is 4.72 Å². The number of nitrogens with two attached hydrogens (primary N) is 1. The van der Waals surface area contributed by atoms with Crippen LogP contribution in [0.4, 0.5) is 14.5 Å². The number of anilines is 1. The molecule has 0 saturated heterocycles. The van der Waals surface area contributed by atoms with Crippen molar-refractivity contribution in [2.24, 2.45) is 5.73 Å². The molecule has 2 aromatic carbocycles. The molecule has 7 heteroatoms. The van der Waals surface area contributed by atoms with Gasteiger partial charge in [0.1, 0.15) is 17.3 Å². The number of sulfonamides is 1. The largest absolute Gasteiger partial charge is 0.326 e. The van der Waals surface area contributed by atoms with E-state index in [1.807, 2.05) is 4.72 Å². The molecule has 0 saturated carbocycles. The number of para-hydroxylation sites is 1. The van der Waals surface area contributed by atoms with Crippen molar-refractivity contribution < 1.29 is 17.2 Å². The highest BCUT2D eigenvalue weighted by Gasteiger charge is 2.21. The lowest BCUT2D eigenvalue weighted by atomic mass is 10.1. The van der Waals surface area contributed by atoms with E-state index in [1.165, 1.54) is 12.1 Å². The van der Waals surface area contributed by atoms with Gasteiger partial charge in [0.05, 0.1) is 4.90 Å². The zero-order valence-electron chi connectivity index (χ0n) is 11.2. The smallest absolute Gasteiger partial charge is 0.262 e. The molecule has 0 bridgehead atoms. The molecule has 2 rings (SSSR count). The van der Waals surface area contributed by atoms with Crippen molar-refractivity contribution in [3.63, 3.8) is 0 Å². The van der Waals surface area contributed by atoms with E-state index in [4.69, 9.17) is 5.73 Å². The molecule has 0 unspecified atom stereocenters. The van der Waals surface area contributed by atoms with Crippen molar-refractivity contribution in [2.45, 2.75) is 18.4 Å². The monoisotopic (exact) mass is 312 g/mol. The second-order valence-corrected chi connectivity index (χ2v) is 6.10. The first kappa shape index (κ1) is 15.4. The summed E-state index contributed by atoms with van der Waals surface area (Å²) >= 11 is 0. The standard InChI is InChI=1S/C14H14F2N2O2S/c1-9-10(8-17)4-2-7-13(9)21(19,20)18-14-11(15)5-3-6-12(14)16/h2-7,18H,8,17H2,1H3. The van der Waals surface area contributed by atoms with Gasteiger partial charge in [-0.1, -0.05) is 18.2 Å². The van der Waals surface area contributed by atoms with E-state index in [0.717, 1.165) is 18.2 Å². The minimum atomic E-state index is -4.11. The van der Waals surface area contributed by atoms with Gasteiger partial charge in [0.2, 0.25) is 0 Å². The number of hydrogen-bond donors (Lipinski definition) is 2. The van der Waals surface area contributed by atoms with Crippen LogP contribution in [0.25, 0.3) is 0 Å². The predicted molar refractivity (Wildman–Crippen MR) is 76.2 cm³/mol. The van der Waals surface area contributed by atoms with Crippen LogP contribution >= 0.6 is 0 Å². The molecule has 0 aromatic heterocycles. The number of rotatable bonds is 4. The summed E-state index contributed by atoms with van der Waals surface area (Å²) in [7, 11) is -4.11. The average Bonchev–Trinajstić information content (AvgIpc) is 2.43. The molecule has 0 atom stereocenters. The van der Waals surface area contributed by atoms with E-state index in [1.54, 1.807) is 13.0 Å². The minimum absolute atomic E-state index is 0.0619. The van der Waals surface area contributed by atoms with Gasteiger partial charge in [0.25, 0.3) is 10.0 Å². The summed E-state index contributed by atoms with van der Waals surface area (Å²) in [5, 5.41) is 0. The molecule has 0 fully saturated rings. The van der Waals surface area contributed by atoms with Crippen molar-refractivity contribution in [3.8, 4) is 0 Å². The third kappa shape index (κ3) is 3.03. The van der Waals surface area contributed by atoms with Gasteiger partial charge in [-0.2, -0.15) is 0 Å². The quantitative estimate of drug-likeness (QED) is 0.911. The molecule has 0 aliphatic rings. The van der Waals surface area contributed by atoms with E-state index < -0.39 is 27.3 Å². The minimum Gasteiger partial charge on any atom is -0.326 e. The lowest BCUT2D eigenvalue weighted by Gasteiger charge is -2.13. The van der Waals surface area contributed by atoms with Crippen LogP contribution < -0.4 is 10.5 Å². The van der Waals surface area contributed by atoms with Gasteiger partial charge >= 0.3 is 0 Å². The SMILES string of the molecule is Cc1c(CN)cccc1S(=O)(=O)Nc1c(F)cccc1F. The first-order valence-electron chi connectivity index (χ1n) is 6.12. The average molecular weight is 312 g/mol. The van der Waals surface area contributed by atoms with Crippen molar-refractivity contribution in [1.29, 1.82) is 0 Å². The fourth-order valence-corrected chi connectivity index (χ4v) is 3.32. The molecule has 3 N–H and O–H groups in total. The lowest BCUT2D eigenvalue weighted by molar-refractivity contribution is 0.582. The van der Waals surface area contributed by atoms with Crippen LogP contribution in [0, 0.1) is 18.6 Å². The fourth-order valence-electron chi connectivity index (χ4n) is 1.96. The number of hydrogen-bond acceptors (Lipinski definition) is 3. The van der Waals surface area contributed by atoms with Gasteiger partial charge < -0.3 is 5.73 Å². The second-order valence-electron chi connectivity index (χ2n) is 4.45. The van der Waals surface area contributed by atoms with Gasteiger partial charge in [-0.25, -0.2) is 17.2 Å². The number of halogens is 2. The van der Waals surface area contributed by atoms with Gasteiger partial charge in [-0.05, 0) is 36.2 Å². The summed E-state index contributed by atoms with van der Waals surface area (Å²) in [6.07, 6.45) is 0. The second kappa shape index (κ2) is 5.79. The van der Waals surface area contributed by atoms with Crippen molar-refractivity contribution in [3.05, 3.63) is 59.2 Å². The van der Waals surface area contributed by atoms with Crippen LogP contribution in [-0.4, -0.2) is 8.42 Å². The molecule has 4 nitrogen and oxygen atoms in total. The fraction of sp³-hybridized carbons (Fsp3) is 0.143. The zero-order valence-corrected chi connectivity index (χ0v) is 12.0. The van der Waals surface area contributed by atoms with Crippen LogP contribution in [-0.2, 0) is 16.6 Å². The van der Waals surface area contributed by atoms with Crippen LogP contribution in [0.15, 0.2) is 41.3 Å². The molecule has 0 aliphatic carbocycles. The summed E-state index contributed by atoms with van der Waals surface area (Å²) in [4.78, 5) is -0.0619. The maximum atomic E-state index is 13.6. The Balaban J connectivity index is 2.49. The molecule has 0 spiro atoms. The van der Waals surface area contributed by atoms with E-state index in [2.05, 4.69) is 0 Å². The van der Waals surface area contributed by atoms with Crippen LogP contribution in [0.1, 0.15) is 11.1 Å². The molecule has 0 aliphatic heterocycles. The van der Waals surface area contributed by atoms with E-state index in [0.29, 0.717) is 11.1 Å². The Bertz CT molecular complexity index is 756. The molecule has 0 radical (unpaired) electrons. The van der Waals surface area contributed by atoms with Crippen LogP contribution in [0.2, 0.25) is 0 Å². The highest BCUT2D eigenvalue weighted by molar-refractivity contribution is 7.92. The number of nitrogens with one attached hydrogen (secondary N) is 1. The normalized spacial score (nSPS) is 11.4. The van der Waals surface area contributed by atoms with Crippen LogP contribution in [0.5, 0.6) is 0 Å². The maximum absolute atomic E-state index is 13.6. The zero-order chi connectivity index (χ0) is 15.6. The Morgan fingerprint density at radius 1 is 1.10 bits per heavy atom. The summed E-state index contributed by atoms with van der Waals surface area (Å²) in [6, 6.07) is 7.69. The molecule has 112 valence electrons. The molecule has 0 amide bonds. The Morgan fingerprint density at radius 2 is 1.67 bits per heavy atom. The molecule has 21 heavy (non-hydrogen) atoms. The Labute approximate surface area is 121 Å². The molecule has 0 heterocycles. The van der Waals surface area contributed by atoms with Crippen molar-refractivity contribution >= 4 is 15.7 Å². The Morgan fingerprint density at radius 3 is 2.24 bits per heavy atom. The van der Waals surface area contributed by atoms with E-state index in [9.17, 15) is 17.2 Å². The highest BCUT2D eigenvalue weighted by Crippen LogP contribution is 2.25. The first-order valence-corrected chi connectivity index (χ1v) is 7.60. The summed E-state index contributed by atoms with van der Waals surface area (Å²) in [5.74, 6) is -1.96. The first-order chi connectivity index (χ1) is 9.86. The van der Waals surface area contributed by atoms with Gasteiger partial charge in [0.15, 0.2) is 0 Å². The predicted octanol–water partition coefficient (Wildman–Crippen LogP) is 2.53. The molecular formula is C14H14F2N2O2S. The van der Waals surface area contributed by atoms with Crippen molar-refractivity contribution in [1.82, 2.24) is 0 Å². The topological polar surface area (TPSA) is 72.2 Å². The Hall–Kier alpha value is -1.99. The summed E-state index contributed by atoms with van der Waals surface area (Å²) in [6.45, 7) is 1.76. The third-order valence-corrected chi connectivity index (χ3v) is 4.60. The van der Waals surface area contributed by atoms with Gasteiger partial charge in [-0.15, -0.1) is 0 Å². The van der Waals surface area contributed by atoms with E-state index >= 15 is 0 Å². The highest BCUT2D eigenvalue weighted by atomic mass is 32.2. The summed E-state index contributed by atoms with van der Waals surface area (Å²) < 4.78 is 53.7. The lowest BCUT2D eigenvalue weighted by Crippen LogP contribution is -2.17. The summed E-state index contributed by atoms with van der Waals surface area (Å²) in [5.41, 5.74) is 5.92. The van der Waals surface area contributed by atoms with E-state index in [-0.39, 0.29) is 11.4 Å². The Kier molecular flexibility index (Phi) is 4.24. The van der Waals surface area contributed by atoms with Crippen LogP contribution in [0.3, 0.4) is 0 Å². The molecular weight excluding hydrogens is 298 g/mol. The molecule has 2 aromatic rings.